The third-order valence-electron chi connectivity index (χ3n) is 4.66. The van der Waals surface area contributed by atoms with Crippen LogP contribution in [0.5, 0.6) is 5.75 Å². The Labute approximate surface area is 134 Å². The molecule has 0 saturated carbocycles. The maximum absolute atomic E-state index is 12.3. The van der Waals surface area contributed by atoms with E-state index in [2.05, 4.69) is 4.98 Å². The molecule has 6 heteroatoms. The minimum Gasteiger partial charge on any atom is -0.488 e. The maximum Gasteiger partial charge on any atom is 0.228 e. The molecule has 3 aliphatic heterocycles. The van der Waals surface area contributed by atoms with Crippen molar-refractivity contribution in [1.82, 2.24) is 9.88 Å². The lowest BCUT2D eigenvalue weighted by Gasteiger charge is -2.48. The predicted octanol–water partition coefficient (Wildman–Crippen LogP) is 1.58. The number of rotatable bonds is 3. The number of aromatic nitrogens is 1. The van der Waals surface area contributed by atoms with Crippen LogP contribution in [0, 0.1) is 5.92 Å². The smallest absolute Gasteiger partial charge is 0.228 e. The highest BCUT2D eigenvalue weighted by Crippen LogP contribution is 2.46. The molecule has 0 bridgehead atoms. The van der Waals surface area contributed by atoms with E-state index in [1.165, 1.54) is 0 Å². The maximum atomic E-state index is 12.3. The van der Waals surface area contributed by atoms with Gasteiger partial charge in [-0.15, -0.1) is 11.8 Å². The zero-order valence-electron chi connectivity index (χ0n) is 12.4. The first kappa shape index (κ1) is 14.3. The van der Waals surface area contributed by atoms with Gasteiger partial charge in [0.05, 0.1) is 23.5 Å². The summed E-state index contributed by atoms with van der Waals surface area (Å²) in [7, 11) is 0. The molecule has 2 atom stereocenters. The average Bonchev–Trinajstić information content (AvgIpc) is 3.16. The number of nitrogens with zero attached hydrogens (tertiary/aromatic N) is 2. The summed E-state index contributed by atoms with van der Waals surface area (Å²) < 4.78 is 11.5. The Morgan fingerprint density at radius 1 is 1.50 bits per heavy atom. The molecule has 4 rings (SSSR count). The van der Waals surface area contributed by atoms with Crippen LogP contribution in [0.1, 0.15) is 12.8 Å². The Bertz CT molecular complexity index is 542. The van der Waals surface area contributed by atoms with E-state index in [1.807, 2.05) is 28.8 Å². The van der Waals surface area contributed by atoms with Gasteiger partial charge in [-0.1, -0.05) is 0 Å². The SMILES string of the molecule is O=C([C@@H]1CCOC1)N1CC2(C[C@H](Oc3cccnc3)CS2)C1. The first-order valence-electron chi connectivity index (χ1n) is 7.81. The van der Waals surface area contributed by atoms with Gasteiger partial charge in [0.1, 0.15) is 11.9 Å². The standard InChI is InChI=1S/C16H20N2O3S/c19-15(12-3-5-20-8-12)18-10-16(11-18)6-14(9-22-16)21-13-2-1-4-17-7-13/h1-2,4,7,12,14H,3,5-6,8-11H2/t12-,14+/m1/s1. The molecule has 0 N–H and O–H groups in total. The van der Waals surface area contributed by atoms with E-state index in [4.69, 9.17) is 9.47 Å². The summed E-state index contributed by atoms with van der Waals surface area (Å²) in [5.41, 5.74) is 0. The van der Waals surface area contributed by atoms with E-state index < -0.39 is 0 Å². The van der Waals surface area contributed by atoms with Gasteiger partial charge in [-0.25, -0.2) is 0 Å². The van der Waals surface area contributed by atoms with Crippen molar-refractivity contribution >= 4 is 17.7 Å². The van der Waals surface area contributed by atoms with Crippen molar-refractivity contribution in [3.63, 3.8) is 0 Å². The Morgan fingerprint density at radius 2 is 2.41 bits per heavy atom. The van der Waals surface area contributed by atoms with E-state index in [1.54, 1.807) is 12.4 Å². The van der Waals surface area contributed by atoms with Crippen molar-refractivity contribution in [2.45, 2.75) is 23.7 Å². The molecular weight excluding hydrogens is 300 g/mol. The molecule has 0 radical (unpaired) electrons. The summed E-state index contributed by atoms with van der Waals surface area (Å²) in [6.45, 7) is 3.05. The lowest BCUT2D eigenvalue weighted by Crippen LogP contribution is -2.62. The second-order valence-corrected chi connectivity index (χ2v) is 7.87. The number of amides is 1. The van der Waals surface area contributed by atoms with Gasteiger partial charge in [0, 0.05) is 38.1 Å². The van der Waals surface area contributed by atoms with Crippen LogP contribution < -0.4 is 4.74 Å². The van der Waals surface area contributed by atoms with E-state index in [0.717, 1.165) is 44.0 Å². The zero-order chi connectivity index (χ0) is 15.0. The fraction of sp³-hybridized carbons (Fsp3) is 0.625. The van der Waals surface area contributed by atoms with Crippen molar-refractivity contribution in [1.29, 1.82) is 0 Å². The van der Waals surface area contributed by atoms with Crippen LogP contribution in [0.15, 0.2) is 24.5 Å². The summed E-state index contributed by atoms with van der Waals surface area (Å²) in [5.74, 6) is 2.19. The molecule has 3 aliphatic rings. The van der Waals surface area contributed by atoms with Crippen LogP contribution >= 0.6 is 11.8 Å². The van der Waals surface area contributed by atoms with Crippen molar-refractivity contribution < 1.29 is 14.3 Å². The van der Waals surface area contributed by atoms with Crippen LogP contribution in [-0.4, -0.2) is 58.7 Å². The average molecular weight is 320 g/mol. The molecule has 3 saturated heterocycles. The number of hydrogen-bond acceptors (Lipinski definition) is 5. The summed E-state index contributed by atoms with van der Waals surface area (Å²) in [6.07, 6.45) is 5.62. The van der Waals surface area contributed by atoms with Gasteiger partial charge < -0.3 is 14.4 Å². The summed E-state index contributed by atoms with van der Waals surface area (Å²) in [5, 5.41) is 0. The summed E-state index contributed by atoms with van der Waals surface area (Å²) in [4.78, 5) is 18.4. The Morgan fingerprint density at radius 3 is 3.14 bits per heavy atom. The molecule has 22 heavy (non-hydrogen) atoms. The Kier molecular flexibility index (Phi) is 3.74. The lowest BCUT2D eigenvalue weighted by molar-refractivity contribution is -0.141. The molecule has 1 amide bonds. The number of ether oxygens (including phenoxy) is 2. The topological polar surface area (TPSA) is 51.7 Å². The lowest BCUT2D eigenvalue weighted by atomic mass is 9.91. The molecule has 0 aliphatic carbocycles. The summed E-state index contributed by atoms with van der Waals surface area (Å²) in [6, 6.07) is 3.83. The van der Waals surface area contributed by atoms with Crippen molar-refractivity contribution in [3.8, 4) is 5.75 Å². The fourth-order valence-electron chi connectivity index (χ4n) is 3.50. The third kappa shape index (κ3) is 2.70. The van der Waals surface area contributed by atoms with E-state index in [0.29, 0.717) is 6.61 Å². The molecule has 1 spiro atoms. The second-order valence-electron chi connectivity index (χ2n) is 6.38. The highest BCUT2D eigenvalue weighted by molar-refractivity contribution is 8.01. The fourth-order valence-corrected chi connectivity index (χ4v) is 5.02. The molecule has 0 aromatic carbocycles. The van der Waals surface area contributed by atoms with Crippen LogP contribution in [0.4, 0.5) is 0 Å². The molecular formula is C16H20N2O3S. The van der Waals surface area contributed by atoms with Gasteiger partial charge in [0.25, 0.3) is 0 Å². The quantitative estimate of drug-likeness (QED) is 0.846. The molecule has 5 nitrogen and oxygen atoms in total. The number of likely N-dealkylation sites (tertiary alicyclic amines) is 1. The Hall–Kier alpha value is -1.27. The van der Waals surface area contributed by atoms with Crippen LogP contribution in [0.2, 0.25) is 0 Å². The van der Waals surface area contributed by atoms with E-state index >= 15 is 0 Å². The number of thioether (sulfide) groups is 1. The van der Waals surface area contributed by atoms with E-state index in [-0.39, 0.29) is 22.7 Å². The van der Waals surface area contributed by atoms with E-state index in [9.17, 15) is 4.79 Å². The molecule has 118 valence electrons. The van der Waals surface area contributed by atoms with Crippen LogP contribution in [-0.2, 0) is 9.53 Å². The normalized spacial score (nSPS) is 29.5. The first-order chi connectivity index (χ1) is 10.7. The van der Waals surface area contributed by atoms with Crippen molar-refractivity contribution in [2.75, 3.05) is 32.1 Å². The number of carbonyl (C=O) groups is 1. The zero-order valence-corrected chi connectivity index (χ0v) is 13.3. The molecule has 1 aromatic rings. The molecule has 3 fully saturated rings. The van der Waals surface area contributed by atoms with Gasteiger partial charge in [0.2, 0.25) is 5.91 Å². The number of carbonyl (C=O) groups excluding carboxylic acids is 1. The monoisotopic (exact) mass is 320 g/mol. The first-order valence-corrected chi connectivity index (χ1v) is 8.80. The second kappa shape index (κ2) is 5.74. The molecule has 0 unspecified atom stereocenters. The number of hydrogen-bond donors (Lipinski definition) is 0. The largest absolute Gasteiger partial charge is 0.488 e. The summed E-state index contributed by atoms with van der Waals surface area (Å²) >= 11 is 1.95. The van der Waals surface area contributed by atoms with Crippen molar-refractivity contribution in [2.24, 2.45) is 5.92 Å². The highest BCUT2D eigenvalue weighted by Gasteiger charge is 2.52. The predicted molar refractivity (Wildman–Crippen MR) is 84.0 cm³/mol. The minimum absolute atomic E-state index is 0.0891. The third-order valence-corrected chi connectivity index (χ3v) is 6.24. The Balaban J connectivity index is 1.29. The molecule has 1 aromatic heterocycles. The van der Waals surface area contributed by atoms with Gasteiger partial charge in [0.15, 0.2) is 0 Å². The number of pyridine rings is 1. The van der Waals surface area contributed by atoms with Crippen LogP contribution in [0.3, 0.4) is 0 Å². The van der Waals surface area contributed by atoms with Gasteiger partial charge in [-0.2, -0.15) is 0 Å². The highest BCUT2D eigenvalue weighted by atomic mass is 32.2. The van der Waals surface area contributed by atoms with Gasteiger partial charge >= 0.3 is 0 Å². The van der Waals surface area contributed by atoms with Crippen molar-refractivity contribution in [3.05, 3.63) is 24.5 Å². The molecule has 4 heterocycles. The van der Waals surface area contributed by atoms with Gasteiger partial charge in [-0.3, -0.25) is 9.78 Å². The minimum atomic E-state index is 0.0891. The van der Waals surface area contributed by atoms with Crippen LogP contribution in [0.25, 0.3) is 0 Å². The van der Waals surface area contributed by atoms with Gasteiger partial charge in [-0.05, 0) is 18.6 Å².